The van der Waals surface area contributed by atoms with Gasteiger partial charge in [-0.3, -0.25) is 9.36 Å². The van der Waals surface area contributed by atoms with Crippen molar-refractivity contribution >= 4 is 42.8 Å². The fraction of sp³-hybridized carbons (Fsp3) is 0.125. The third kappa shape index (κ3) is 2.80. The molecule has 0 bridgehead atoms. The molecule has 0 unspecified atom stereocenters. The molecule has 0 saturated carbocycles. The molecule has 0 spiro atoms. The van der Waals surface area contributed by atoms with E-state index in [1.165, 1.54) is 5.56 Å². The highest BCUT2D eigenvalue weighted by atomic mass is 79.9. The van der Waals surface area contributed by atoms with Gasteiger partial charge >= 0.3 is 0 Å². The summed E-state index contributed by atoms with van der Waals surface area (Å²) >= 11 is 6.86. The lowest BCUT2D eigenvalue weighted by Crippen LogP contribution is -2.21. The first-order valence-corrected chi connectivity index (χ1v) is 8.03. The molecule has 0 saturated heterocycles. The van der Waals surface area contributed by atoms with Crippen LogP contribution < -0.4 is 5.56 Å². The van der Waals surface area contributed by atoms with Crippen LogP contribution in [0.15, 0.2) is 56.5 Å². The van der Waals surface area contributed by atoms with Gasteiger partial charge < -0.3 is 0 Å². The van der Waals surface area contributed by atoms with Gasteiger partial charge in [-0.15, -0.1) is 0 Å². The minimum absolute atomic E-state index is 0.0368. The van der Waals surface area contributed by atoms with Crippen molar-refractivity contribution in [2.75, 3.05) is 0 Å². The Bertz CT molecular complexity index is 887. The highest BCUT2D eigenvalue weighted by Gasteiger charge is 2.09. The zero-order valence-electron chi connectivity index (χ0n) is 11.3. The van der Waals surface area contributed by atoms with Crippen molar-refractivity contribution in [1.29, 1.82) is 0 Å². The number of rotatable bonds is 2. The SMILES string of the molecule is Cc1ccccc1Cn1cnc2c(Br)cc(Br)cc2c1=O. The molecule has 0 N–H and O–H groups in total. The average molecular weight is 408 g/mol. The molecule has 0 aliphatic rings. The van der Waals surface area contributed by atoms with Crippen LogP contribution in [0.4, 0.5) is 0 Å². The Hall–Kier alpha value is -1.46. The molecule has 0 atom stereocenters. The number of benzene rings is 2. The summed E-state index contributed by atoms with van der Waals surface area (Å²) in [6.45, 7) is 2.57. The highest BCUT2D eigenvalue weighted by Crippen LogP contribution is 2.24. The molecule has 3 rings (SSSR count). The Labute approximate surface area is 138 Å². The van der Waals surface area contributed by atoms with E-state index in [4.69, 9.17) is 0 Å². The van der Waals surface area contributed by atoms with Crippen LogP contribution in [0.1, 0.15) is 11.1 Å². The van der Waals surface area contributed by atoms with Crippen LogP contribution in [0.2, 0.25) is 0 Å². The van der Waals surface area contributed by atoms with Gasteiger partial charge in [0.1, 0.15) is 0 Å². The summed E-state index contributed by atoms with van der Waals surface area (Å²) in [4.78, 5) is 17.0. The van der Waals surface area contributed by atoms with Gasteiger partial charge in [-0.05, 0) is 46.1 Å². The summed E-state index contributed by atoms with van der Waals surface area (Å²) < 4.78 is 3.31. The lowest BCUT2D eigenvalue weighted by molar-refractivity contribution is 0.744. The van der Waals surface area contributed by atoms with Crippen molar-refractivity contribution in [3.05, 3.63) is 73.2 Å². The molecular formula is C16H12Br2N2O. The predicted molar refractivity (Wildman–Crippen MR) is 91.7 cm³/mol. The number of halogens is 2. The molecule has 1 aromatic heterocycles. The van der Waals surface area contributed by atoms with E-state index >= 15 is 0 Å². The quantitative estimate of drug-likeness (QED) is 0.635. The fourth-order valence-corrected chi connectivity index (χ4v) is 3.61. The molecule has 0 aliphatic heterocycles. The van der Waals surface area contributed by atoms with E-state index in [9.17, 15) is 4.79 Å². The van der Waals surface area contributed by atoms with Gasteiger partial charge in [0.2, 0.25) is 0 Å². The van der Waals surface area contributed by atoms with Crippen LogP contribution >= 0.6 is 31.9 Å². The number of hydrogen-bond acceptors (Lipinski definition) is 2. The molecule has 0 radical (unpaired) electrons. The first kappa shape index (κ1) is 14.5. The minimum Gasteiger partial charge on any atom is -0.294 e. The van der Waals surface area contributed by atoms with Gasteiger partial charge in [0, 0.05) is 8.95 Å². The van der Waals surface area contributed by atoms with E-state index in [2.05, 4.69) is 36.8 Å². The van der Waals surface area contributed by atoms with Crippen LogP contribution in [0, 0.1) is 6.92 Å². The van der Waals surface area contributed by atoms with Crippen LogP contribution in [-0.2, 0) is 6.54 Å². The van der Waals surface area contributed by atoms with Crippen molar-refractivity contribution in [2.45, 2.75) is 13.5 Å². The van der Waals surface area contributed by atoms with E-state index in [-0.39, 0.29) is 5.56 Å². The molecule has 3 nitrogen and oxygen atoms in total. The summed E-state index contributed by atoms with van der Waals surface area (Å²) in [6, 6.07) is 11.7. The highest BCUT2D eigenvalue weighted by molar-refractivity contribution is 9.11. The molecule has 0 amide bonds. The lowest BCUT2D eigenvalue weighted by atomic mass is 10.1. The molecule has 0 fully saturated rings. The second kappa shape index (κ2) is 5.73. The first-order chi connectivity index (χ1) is 10.1. The maximum absolute atomic E-state index is 12.6. The summed E-state index contributed by atoms with van der Waals surface area (Å²) in [5, 5.41) is 0.604. The molecule has 5 heteroatoms. The number of aromatic nitrogens is 2. The van der Waals surface area contributed by atoms with Crippen molar-refractivity contribution in [1.82, 2.24) is 9.55 Å². The molecule has 2 aromatic carbocycles. The van der Waals surface area contributed by atoms with Gasteiger partial charge in [-0.2, -0.15) is 0 Å². The Balaban J connectivity index is 2.15. The topological polar surface area (TPSA) is 34.9 Å². The number of aryl methyl sites for hydroxylation is 1. The van der Waals surface area contributed by atoms with Crippen LogP contribution in [-0.4, -0.2) is 9.55 Å². The predicted octanol–water partition coefficient (Wildman–Crippen LogP) is 4.28. The second-order valence-electron chi connectivity index (χ2n) is 4.89. The van der Waals surface area contributed by atoms with Gasteiger partial charge in [-0.25, -0.2) is 4.98 Å². The molecule has 1 heterocycles. The molecular weight excluding hydrogens is 396 g/mol. The Morgan fingerprint density at radius 1 is 1.19 bits per heavy atom. The number of hydrogen-bond donors (Lipinski definition) is 0. The van der Waals surface area contributed by atoms with E-state index < -0.39 is 0 Å². The Kier molecular flexibility index (Phi) is 3.95. The average Bonchev–Trinajstić information content (AvgIpc) is 2.44. The third-order valence-corrected chi connectivity index (χ3v) is 4.51. The van der Waals surface area contributed by atoms with E-state index in [1.54, 1.807) is 10.9 Å². The lowest BCUT2D eigenvalue weighted by Gasteiger charge is -2.10. The summed E-state index contributed by atoms with van der Waals surface area (Å²) in [6.07, 6.45) is 1.61. The molecule has 106 valence electrons. The van der Waals surface area contributed by atoms with Crippen LogP contribution in [0.25, 0.3) is 10.9 Å². The summed E-state index contributed by atoms with van der Waals surface area (Å²) in [5.41, 5.74) is 2.93. The summed E-state index contributed by atoms with van der Waals surface area (Å²) in [7, 11) is 0. The van der Waals surface area contributed by atoms with Crippen molar-refractivity contribution in [3.63, 3.8) is 0 Å². The van der Waals surface area contributed by atoms with Gasteiger partial charge in [0.05, 0.1) is 23.8 Å². The smallest absolute Gasteiger partial charge is 0.261 e. The first-order valence-electron chi connectivity index (χ1n) is 6.45. The van der Waals surface area contributed by atoms with Gasteiger partial charge in [0.25, 0.3) is 5.56 Å². The van der Waals surface area contributed by atoms with Crippen LogP contribution in [0.3, 0.4) is 0 Å². The van der Waals surface area contributed by atoms with E-state index in [0.717, 1.165) is 14.5 Å². The molecule has 21 heavy (non-hydrogen) atoms. The maximum atomic E-state index is 12.6. The number of nitrogens with zero attached hydrogens (tertiary/aromatic N) is 2. The number of fused-ring (bicyclic) bond motifs is 1. The van der Waals surface area contributed by atoms with Crippen LogP contribution in [0.5, 0.6) is 0 Å². The van der Waals surface area contributed by atoms with Crippen molar-refractivity contribution in [3.8, 4) is 0 Å². The van der Waals surface area contributed by atoms with Crippen molar-refractivity contribution in [2.24, 2.45) is 0 Å². The largest absolute Gasteiger partial charge is 0.294 e. The Morgan fingerprint density at radius 2 is 1.95 bits per heavy atom. The van der Waals surface area contributed by atoms with E-state index in [0.29, 0.717) is 17.4 Å². The van der Waals surface area contributed by atoms with Gasteiger partial charge in [-0.1, -0.05) is 40.2 Å². The molecule has 3 aromatic rings. The standard InChI is InChI=1S/C16H12Br2N2O/c1-10-4-2-3-5-11(10)8-20-9-19-15-13(16(20)21)6-12(17)7-14(15)18/h2-7,9H,8H2,1H3. The zero-order valence-corrected chi connectivity index (χ0v) is 14.5. The monoisotopic (exact) mass is 406 g/mol. The van der Waals surface area contributed by atoms with Crippen molar-refractivity contribution < 1.29 is 0 Å². The Morgan fingerprint density at radius 3 is 2.71 bits per heavy atom. The zero-order chi connectivity index (χ0) is 15.0. The minimum atomic E-state index is -0.0368. The third-order valence-electron chi connectivity index (χ3n) is 3.45. The normalized spacial score (nSPS) is 11.0. The van der Waals surface area contributed by atoms with Gasteiger partial charge in [0.15, 0.2) is 0 Å². The fourth-order valence-electron chi connectivity index (χ4n) is 2.28. The van der Waals surface area contributed by atoms with E-state index in [1.807, 2.05) is 43.3 Å². The summed E-state index contributed by atoms with van der Waals surface area (Å²) in [5.74, 6) is 0. The maximum Gasteiger partial charge on any atom is 0.261 e. The molecule has 0 aliphatic carbocycles. The second-order valence-corrected chi connectivity index (χ2v) is 6.66.